The van der Waals surface area contributed by atoms with Gasteiger partial charge in [0, 0.05) is 18.7 Å². The number of benzene rings is 1. The lowest BCUT2D eigenvalue weighted by Gasteiger charge is -2.06. The van der Waals surface area contributed by atoms with E-state index in [0.29, 0.717) is 0 Å². The highest BCUT2D eigenvalue weighted by Crippen LogP contribution is 2.30. The van der Waals surface area contributed by atoms with E-state index < -0.39 is 10.8 Å². The number of amides is 1. The molecule has 0 atom stereocenters. The molecule has 0 bridgehead atoms. The molecule has 1 aromatic carbocycles. The molecule has 6 nitrogen and oxygen atoms in total. The smallest absolute Gasteiger partial charge is 0.271 e. The maximum atomic E-state index is 11.7. The summed E-state index contributed by atoms with van der Waals surface area (Å²) in [7, 11) is 0. The van der Waals surface area contributed by atoms with Gasteiger partial charge in [0.25, 0.3) is 11.6 Å². The Morgan fingerprint density at radius 1 is 1.50 bits per heavy atom. The molecule has 0 unspecified atom stereocenters. The highest BCUT2D eigenvalue weighted by molar-refractivity contribution is 6.44. The summed E-state index contributed by atoms with van der Waals surface area (Å²) in [5.41, 5.74) is -0.413. The van der Waals surface area contributed by atoms with Crippen LogP contribution in [0.25, 0.3) is 0 Å². The third kappa shape index (κ3) is 3.32. The van der Waals surface area contributed by atoms with Crippen molar-refractivity contribution in [2.45, 2.75) is 6.42 Å². The Kier molecular flexibility index (Phi) is 4.89. The number of nitriles is 1. The van der Waals surface area contributed by atoms with Crippen molar-refractivity contribution in [1.82, 2.24) is 5.32 Å². The molecule has 0 aromatic heterocycles. The fraction of sp³-hybridized carbons (Fsp3) is 0.200. The quantitative estimate of drug-likeness (QED) is 0.523. The molecule has 0 radical (unpaired) electrons. The standard InChI is InChI=1S/C10H7Cl2N3O3/c11-8-5-6(15(17)18)4-7(9(8)12)10(16)14-3-1-2-13/h4-5H,1,3H2,(H,14,16). The highest BCUT2D eigenvalue weighted by atomic mass is 35.5. The van der Waals surface area contributed by atoms with Gasteiger partial charge in [0.2, 0.25) is 0 Å². The van der Waals surface area contributed by atoms with Crippen molar-refractivity contribution in [2.24, 2.45) is 0 Å². The van der Waals surface area contributed by atoms with Crippen LogP contribution in [0.4, 0.5) is 5.69 Å². The van der Waals surface area contributed by atoms with Gasteiger partial charge in [-0.15, -0.1) is 0 Å². The van der Waals surface area contributed by atoms with Crippen molar-refractivity contribution in [3.8, 4) is 6.07 Å². The Balaban J connectivity index is 3.04. The summed E-state index contributed by atoms with van der Waals surface area (Å²) in [6.07, 6.45) is 0.131. The first-order valence-corrected chi connectivity index (χ1v) is 5.51. The lowest BCUT2D eigenvalue weighted by atomic mass is 10.2. The Morgan fingerprint density at radius 3 is 2.72 bits per heavy atom. The minimum atomic E-state index is -0.672. The van der Waals surface area contributed by atoms with Gasteiger partial charge in [-0.1, -0.05) is 23.2 Å². The summed E-state index contributed by atoms with van der Waals surface area (Å²) < 4.78 is 0. The van der Waals surface area contributed by atoms with Gasteiger partial charge < -0.3 is 5.32 Å². The number of rotatable bonds is 4. The predicted octanol–water partition coefficient (Wildman–Crippen LogP) is 2.55. The van der Waals surface area contributed by atoms with E-state index in [1.807, 2.05) is 6.07 Å². The molecule has 94 valence electrons. The van der Waals surface area contributed by atoms with E-state index in [4.69, 9.17) is 28.5 Å². The third-order valence-electron chi connectivity index (χ3n) is 1.99. The zero-order chi connectivity index (χ0) is 13.7. The average Bonchev–Trinajstić information content (AvgIpc) is 2.32. The van der Waals surface area contributed by atoms with E-state index >= 15 is 0 Å². The van der Waals surface area contributed by atoms with Crippen LogP contribution < -0.4 is 5.32 Å². The van der Waals surface area contributed by atoms with Crippen LogP contribution in [0, 0.1) is 21.4 Å². The number of halogens is 2. The number of nitrogens with one attached hydrogen (secondary N) is 1. The van der Waals surface area contributed by atoms with Crippen LogP contribution in [0.3, 0.4) is 0 Å². The molecule has 0 aliphatic carbocycles. The van der Waals surface area contributed by atoms with E-state index in [1.165, 1.54) is 0 Å². The lowest BCUT2D eigenvalue weighted by molar-refractivity contribution is -0.384. The van der Waals surface area contributed by atoms with E-state index in [2.05, 4.69) is 5.32 Å². The first-order chi connectivity index (χ1) is 8.47. The molecule has 18 heavy (non-hydrogen) atoms. The van der Waals surface area contributed by atoms with Crippen LogP contribution in [-0.4, -0.2) is 17.4 Å². The number of carbonyl (C=O) groups excluding carboxylic acids is 1. The second-order valence-electron chi connectivity index (χ2n) is 3.21. The summed E-state index contributed by atoms with van der Waals surface area (Å²) >= 11 is 11.5. The molecular weight excluding hydrogens is 281 g/mol. The van der Waals surface area contributed by atoms with Gasteiger partial charge in [0.1, 0.15) is 0 Å². The minimum Gasteiger partial charge on any atom is -0.351 e. The maximum Gasteiger partial charge on any atom is 0.271 e. The van der Waals surface area contributed by atoms with Crippen molar-refractivity contribution in [3.05, 3.63) is 37.9 Å². The second kappa shape index (κ2) is 6.19. The normalized spacial score (nSPS) is 9.61. The third-order valence-corrected chi connectivity index (χ3v) is 2.79. The van der Waals surface area contributed by atoms with E-state index in [0.717, 1.165) is 12.1 Å². The first-order valence-electron chi connectivity index (χ1n) is 4.76. The molecule has 1 aromatic rings. The fourth-order valence-electron chi connectivity index (χ4n) is 1.17. The van der Waals surface area contributed by atoms with Gasteiger partial charge in [-0.3, -0.25) is 14.9 Å². The zero-order valence-electron chi connectivity index (χ0n) is 8.94. The Bertz CT molecular complexity index is 540. The highest BCUT2D eigenvalue weighted by Gasteiger charge is 2.19. The molecule has 0 saturated carbocycles. The van der Waals surface area contributed by atoms with Gasteiger partial charge in [-0.25, -0.2) is 0 Å². The van der Waals surface area contributed by atoms with Crippen LogP contribution >= 0.6 is 23.2 Å². The van der Waals surface area contributed by atoms with Crippen LogP contribution in [0.15, 0.2) is 12.1 Å². The van der Waals surface area contributed by atoms with E-state index in [1.54, 1.807) is 0 Å². The molecule has 0 saturated heterocycles. The van der Waals surface area contributed by atoms with Crippen molar-refractivity contribution >= 4 is 34.8 Å². The second-order valence-corrected chi connectivity index (χ2v) is 4.00. The Labute approximate surface area is 112 Å². The number of nitro benzene ring substituents is 1. The van der Waals surface area contributed by atoms with E-state index in [9.17, 15) is 14.9 Å². The molecule has 0 spiro atoms. The number of carbonyl (C=O) groups is 1. The number of nitro groups is 1. The molecule has 8 heteroatoms. The number of hydrogen-bond donors (Lipinski definition) is 1. The molecule has 1 N–H and O–H groups in total. The molecular formula is C10H7Cl2N3O3. The number of hydrogen-bond acceptors (Lipinski definition) is 4. The van der Waals surface area contributed by atoms with Crippen molar-refractivity contribution in [3.63, 3.8) is 0 Å². The van der Waals surface area contributed by atoms with Crippen LogP contribution in [-0.2, 0) is 0 Å². The SMILES string of the molecule is N#CCCNC(=O)c1cc([N+](=O)[O-])cc(Cl)c1Cl. The molecule has 1 rings (SSSR count). The lowest BCUT2D eigenvalue weighted by Crippen LogP contribution is -2.24. The molecule has 0 aliphatic heterocycles. The summed E-state index contributed by atoms with van der Waals surface area (Å²) in [4.78, 5) is 21.6. The summed E-state index contributed by atoms with van der Waals surface area (Å²) in [6.45, 7) is 0.131. The molecule has 0 fully saturated rings. The number of non-ortho nitro benzene ring substituents is 1. The van der Waals surface area contributed by atoms with E-state index in [-0.39, 0.29) is 34.3 Å². The van der Waals surface area contributed by atoms with Crippen LogP contribution in [0.1, 0.15) is 16.8 Å². The fourth-order valence-corrected chi connectivity index (χ4v) is 1.58. The monoisotopic (exact) mass is 287 g/mol. The summed E-state index contributed by atoms with van der Waals surface area (Å²) in [5.74, 6) is -0.610. The summed E-state index contributed by atoms with van der Waals surface area (Å²) in [5, 5.41) is 21.2. The largest absolute Gasteiger partial charge is 0.351 e. The predicted molar refractivity (Wildman–Crippen MR) is 65.7 cm³/mol. The van der Waals surface area contributed by atoms with Crippen LogP contribution in [0.2, 0.25) is 10.0 Å². The van der Waals surface area contributed by atoms with Gasteiger partial charge in [0.15, 0.2) is 0 Å². The number of nitrogens with zero attached hydrogens (tertiary/aromatic N) is 2. The van der Waals surface area contributed by atoms with Gasteiger partial charge in [0.05, 0.1) is 33.0 Å². The zero-order valence-corrected chi connectivity index (χ0v) is 10.5. The van der Waals surface area contributed by atoms with Crippen molar-refractivity contribution < 1.29 is 9.72 Å². The van der Waals surface area contributed by atoms with Gasteiger partial charge in [-0.05, 0) is 0 Å². The summed E-state index contributed by atoms with van der Waals surface area (Å²) in [6, 6.07) is 3.95. The topological polar surface area (TPSA) is 96.0 Å². The van der Waals surface area contributed by atoms with Crippen molar-refractivity contribution in [1.29, 1.82) is 5.26 Å². The Hall–Kier alpha value is -1.84. The first kappa shape index (κ1) is 14.2. The maximum absolute atomic E-state index is 11.7. The van der Waals surface area contributed by atoms with Gasteiger partial charge in [-0.2, -0.15) is 5.26 Å². The molecule has 1 amide bonds. The average molecular weight is 288 g/mol. The van der Waals surface area contributed by atoms with Crippen LogP contribution in [0.5, 0.6) is 0 Å². The molecule has 0 heterocycles. The Morgan fingerprint density at radius 2 is 2.17 bits per heavy atom. The van der Waals surface area contributed by atoms with Crippen molar-refractivity contribution in [2.75, 3.05) is 6.54 Å². The molecule has 0 aliphatic rings. The minimum absolute atomic E-state index is 0.0586. The van der Waals surface area contributed by atoms with Gasteiger partial charge >= 0.3 is 0 Å².